The lowest BCUT2D eigenvalue weighted by molar-refractivity contribution is -0.116. The number of hydrogen-bond acceptors (Lipinski definition) is 4. The SMILES string of the molecule is CC(C)CCC(=O)Nc1cnc(C#N)nc1. The molecule has 0 aromatic carbocycles. The zero-order chi connectivity index (χ0) is 12.0. The number of rotatable bonds is 4. The van der Waals surface area contributed by atoms with Crippen LogP contribution in [0.15, 0.2) is 12.4 Å². The second-order valence-electron chi connectivity index (χ2n) is 3.89. The maximum absolute atomic E-state index is 11.4. The lowest BCUT2D eigenvalue weighted by Crippen LogP contribution is -2.12. The van der Waals surface area contributed by atoms with Gasteiger partial charge in [-0.15, -0.1) is 0 Å². The summed E-state index contributed by atoms with van der Waals surface area (Å²) in [6.45, 7) is 4.14. The smallest absolute Gasteiger partial charge is 0.232 e. The van der Waals surface area contributed by atoms with Gasteiger partial charge in [-0.2, -0.15) is 5.26 Å². The van der Waals surface area contributed by atoms with Crippen molar-refractivity contribution in [3.05, 3.63) is 18.2 Å². The van der Waals surface area contributed by atoms with Gasteiger partial charge in [0.1, 0.15) is 6.07 Å². The van der Waals surface area contributed by atoms with Crippen molar-refractivity contribution in [1.82, 2.24) is 9.97 Å². The Morgan fingerprint density at radius 2 is 2.12 bits per heavy atom. The van der Waals surface area contributed by atoms with Gasteiger partial charge in [-0.05, 0) is 12.3 Å². The normalized spacial score (nSPS) is 9.88. The lowest BCUT2D eigenvalue weighted by Gasteiger charge is -2.05. The molecule has 0 saturated heterocycles. The van der Waals surface area contributed by atoms with E-state index in [9.17, 15) is 4.79 Å². The molecular formula is C11H14N4O. The molecule has 0 aliphatic heterocycles. The van der Waals surface area contributed by atoms with E-state index in [1.54, 1.807) is 0 Å². The largest absolute Gasteiger partial charge is 0.323 e. The summed E-state index contributed by atoms with van der Waals surface area (Å²) in [6.07, 6.45) is 4.19. The molecule has 0 bridgehead atoms. The van der Waals surface area contributed by atoms with Crippen LogP contribution >= 0.6 is 0 Å². The highest BCUT2D eigenvalue weighted by atomic mass is 16.1. The molecule has 0 spiro atoms. The van der Waals surface area contributed by atoms with Gasteiger partial charge in [-0.3, -0.25) is 4.79 Å². The standard InChI is InChI=1S/C11H14N4O/c1-8(2)3-4-11(16)15-9-6-13-10(5-12)14-7-9/h6-8H,3-4H2,1-2H3,(H,15,16). The number of nitrogens with one attached hydrogen (secondary N) is 1. The van der Waals surface area contributed by atoms with E-state index in [0.717, 1.165) is 6.42 Å². The van der Waals surface area contributed by atoms with Gasteiger partial charge in [0.25, 0.3) is 0 Å². The summed E-state index contributed by atoms with van der Waals surface area (Å²) in [5, 5.41) is 11.2. The molecule has 5 nitrogen and oxygen atoms in total. The zero-order valence-electron chi connectivity index (χ0n) is 9.40. The number of nitriles is 1. The first-order valence-corrected chi connectivity index (χ1v) is 5.14. The Morgan fingerprint density at radius 1 is 1.50 bits per heavy atom. The monoisotopic (exact) mass is 218 g/mol. The van der Waals surface area contributed by atoms with Gasteiger partial charge in [0.05, 0.1) is 18.1 Å². The molecule has 1 aromatic rings. The minimum Gasteiger partial charge on any atom is -0.323 e. The molecule has 1 aromatic heterocycles. The molecule has 1 N–H and O–H groups in total. The van der Waals surface area contributed by atoms with Gasteiger partial charge in [0.15, 0.2) is 0 Å². The van der Waals surface area contributed by atoms with Gasteiger partial charge >= 0.3 is 0 Å². The van der Waals surface area contributed by atoms with E-state index in [4.69, 9.17) is 5.26 Å². The molecule has 0 radical (unpaired) electrons. The highest BCUT2D eigenvalue weighted by Crippen LogP contribution is 2.07. The molecule has 16 heavy (non-hydrogen) atoms. The number of amides is 1. The summed E-state index contributed by atoms with van der Waals surface area (Å²) in [5.41, 5.74) is 0.521. The minimum atomic E-state index is -0.0537. The Hall–Kier alpha value is -1.96. The zero-order valence-corrected chi connectivity index (χ0v) is 9.40. The Kier molecular flexibility index (Phi) is 4.40. The number of carbonyl (C=O) groups is 1. The number of hydrogen-bond donors (Lipinski definition) is 1. The van der Waals surface area contributed by atoms with Crippen molar-refractivity contribution in [2.45, 2.75) is 26.7 Å². The van der Waals surface area contributed by atoms with Crippen LogP contribution < -0.4 is 5.32 Å². The van der Waals surface area contributed by atoms with Crippen LogP contribution in [-0.2, 0) is 4.79 Å². The Balaban J connectivity index is 2.47. The molecule has 84 valence electrons. The molecular weight excluding hydrogens is 204 g/mol. The lowest BCUT2D eigenvalue weighted by atomic mass is 10.1. The Bertz CT molecular complexity index is 391. The second-order valence-corrected chi connectivity index (χ2v) is 3.89. The molecule has 5 heteroatoms. The number of carbonyl (C=O) groups excluding carboxylic acids is 1. The van der Waals surface area contributed by atoms with E-state index in [-0.39, 0.29) is 11.7 Å². The van der Waals surface area contributed by atoms with Crippen molar-refractivity contribution in [2.24, 2.45) is 5.92 Å². The third kappa shape index (κ3) is 4.05. The van der Waals surface area contributed by atoms with Crippen molar-refractivity contribution >= 4 is 11.6 Å². The first-order chi connectivity index (χ1) is 7.61. The van der Waals surface area contributed by atoms with Crippen LogP contribution in [0.5, 0.6) is 0 Å². The Morgan fingerprint density at radius 3 is 2.62 bits per heavy atom. The fraction of sp³-hybridized carbons (Fsp3) is 0.455. The maximum atomic E-state index is 11.4. The summed E-state index contributed by atoms with van der Waals surface area (Å²) in [4.78, 5) is 19.0. The average molecular weight is 218 g/mol. The van der Waals surface area contributed by atoms with Gasteiger partial charge in [-0.1, -0.05) is 13.8 Å². The molecule has 0 unspecified atom stereocenters. The summed E-state index contributed by atoms with van der Waals surface area (Å²) in [7, 11) is 0. The third-order valence-electron chi connectivity index (χ3n) is 1.98. The fourth-order valence-corrected chi connectivity index (χ4v) is 1.09. The van der Waals surface area contributed by atoms with Crippen molar-refractivity contribution in [3.8, 4) is 6.07 Å². The molecule has 1 rings (SSSR count). The first kappa shape index (κ1) is 12.1. The first-order valence-electron chi connectivity index (χ1n) is 5.14. The summed E-state index contributed by atoms with van der Waals surface area (Å²) in [6, 6.07) is 1.81. The predicted molar refractivity (Wildman–Crippen MR) is 59.4 cm³/mol. The molecule has 0 aliphatic carbocycles. The van der Waals surface area contributed by atoms with Crippen LogP contribution in [0.3, 0.4) is 0 Å². The topological polar surface area (TPSA) is 78.7 Å². The minimum absolute atomic E-state index is 0.0537. The van der Waals surface area contributed by atoms with Crippen LogP contribution in [0.4, 0.5) is 5.69 Å². The van der Waals surface area contributed by atoms with E-state index < -0.39 is 0 Å². The van der Waals surface area contributed by atoms with Crippen LogP contribution in [0.25, 0.3) is 0 Å². The van der Waals surface area contributed by atoms with Crippen molar-refractivity contribution in [2.75, 3.05) is 5.32 Å². The molecule has 1 heterocycles. The number of aromatic nitrogens is 2. The number of anilines is 1. The number of nitrogens with zero attached hydrogens (tertiary/aromatic N) is 3. The molecule has 0 saturated carbocycles. The predicted octanol–water partition coefficient (Wildman–Crippen LogP) is 1.72. The highest BCUT2D eigenvalue weighted by molar-refractivity contribution is 5.90. The van der Waals surface area contributed by atoms with E-state index in [1.807, 2.05) is 6.07 Å². The molecule has 1 amide bonds. The van der Waals surface area contributed by atoms with Crippen LogP contribution in [0, 0.1) is 17.2 Å². The van der Waals surface area contributed by atoms with E-state index >= 15 is 0 Å². The fourth-order valence-electron chi connectivity index (χ4n) is 1.09. The van der Waals surface area contributed by atoms with Crippen LogP contribution in [-0.4, -0.2) is 15.9 Å². The third-order valence-corrected chi connectivity index (χ3v) is 1.98. The molecule has 0 aliphatic rings. The summed E-state index contributed by atoms with van der Waals surface area (Å²) in [5.74, 6) is 0.546. The summed E-state index contributed by atoms with van der Waals surface area (Å²) < 4.78 is 0. The molecule has 0 atom stereocenters. The highest BCUT2D eigenvalue weighted by Gasteiger charge is 2.04. The van der Waals surface area contributed by atoms with Crippen molar-refractivity contribution in [3.63, 3.8) is 0 Å². The van der Waals surface area contributed by atoms with E-state index in [2.05, 4.69) is 29.1 Å². The van der Waals surface area contributed by atoms with Gasteiger partial charge in [0.2, 0.25) is 11.7 Å². The average Bonchev–Trinajstić information content (AvgIpc) is 2.27. The van der Waals surface area contributed by atoms with Crippen LogP contribution in [0.1, 0.15) is 32.5 Å². The Labute approximate surface area is 94.5 Å². The second kappa shape index (κ2) is 5.81. The van der Waals surface area contributed by atoms with E-state index in [1.165, 1.54) is 12.4 Å². The van der Waals surface area contributed by atoms with E-state index in [0.29, 0.717) is 18.0 Å². The van der Waals surface area contributed by atoms with Crippen LogP contribution in [0.2, 0.25) is 0 Å². The molecule has 0 fully saturated rings. The summed E-state index contributed by atoms with van der Waals surface area (Å²) >= 11 is 0. The quantitative estimate of drug-likeness (QED) is 0.834. The van der Waals surface area contributed by atoms with Gasteiger partial charge < -0.3 is 5.32 Å². The van der Waals surface area contributed by atoms with Gasteiger partial charge in [0, 0.05) is 6.42 Å². The van der Waals surface area contributed by atoms with Crippen molar-refractivity contribution < 1.29 is 4.79 Å². The maximum Gasteiger partial charge on any atom is 0.232 e. The van der Waals surface area contributed by atoms with Gasteiger partial charge in [-0.25, -0.2) is 9.97 Å². The van der Waals surface area contributed by atoms with Crippen molar-refractivity contribution in [1.29, 1.82) is 5.26 Å².